The van der Waals surface area contributed by atoms with Crippen LogP contribution in [0.2, 0.25) is 0 Å². The summed E-state index contributed by atoms with van der Waals surface area (Å²) in [6, 6.07) is 0. The van der Waals surface area contributed by atoms with Crippen molar-refractivity contribution in [3.63, 3.8) is 0 Å². The fraction of sp³-hybridized carbons (Fsp3) is 0.714. The van der Waals surface area contributed by atoms with Gasteiger partial charge in [0, 0.05) is 13.5 Å². The van der Waals surface area contributed by atoms with Gasteiger partial charge in [-0.25, -0.2) is 0 Å². The zero-order chi connectivity index (χ0) is 8.10. The van der Waals surface area contributed by atoms with Gasteiger partial charge in [-0.3, -0.25) is 0 Å². The number of unbranched alkanes of at least 4 members (excludes halogenated alkanes) is 1. The molecular formula is C7H13N3S. The molecule has 1 aromatic rings. The number of hydrogen-bond acceptors (Lipinski definition) is 4. The lowest BCUT2D eigenvalue weighted by Crippen LogP contribution is -1.84. The summed E-state index contributed by atoms with van der Waals surface area (Å²) in [5, 5.41) is 13.0. The average molecular weight is 171 g/mol. The molecule has 0 fully saturated rings. The minimum Gasteiger partial charge on any atom is -0.363 e. The van der Waals surface area contributed by atoms with Gasteiger partial charge in [0.25, 0.3) is 0 Å². The van der Waals surface area contributed by atoms with E-state index in [9.17, 15) is 0 Å². The minimum atomic E-state index is 0.913. The molecule has 0 aliphatic rings. The molecule has 0 spiro atoms. The monoisotopic (exact) mass is 171 g/mol. The number of hydrogen-bond donors (Lipinski definition) is 1. The predicted molar refractivity (Wildman–Crippen MR) is 48.1 cm³/mol. The van der Waals surface area contributed by atoms with Crippen LogP contribution in [-0.2, 0) is 6.42 Å². The lowest BCUT2D eigenvalue weighted by atomic mass is 10.3. The van der Waals surface area contributed by atoms with Gasteiger partial charge in [-0.1, -0.05) is 24.7 Å². The van der Waals surface area contributed by atoms with Crippen molar-refractivity contribution in [1.29, 1.82) is 0 Å². The largest absolute Gasteiger partial charge is 0.363 e. The smallest absolute Gasteiger partial charge is 0.205 e. The number of rotatable bonds is 4. The molecule has 62 valence electrons. The molecule has 0 radical (unpaired) electrons. The fourth-order valence-electron chi connectivity index (χ4n) is 0.784. The quantitative estimate of drug-likeness (QED) is 0.752. The van der Waals surface area contributed by atoms with Gasteiger partial charge in [-0.2, -0.15) is 0 Å². The van der Waals surface area contributed by atoms with Crippen LogP contribution >= 0.6 is 11.3 Å². The Morgan fingerprint density at radius 3 is 2.82 bits per heavy atom. The topological polar surface area (TPSA) is 37.8 Å². The van der Waals surface area contributed by atoms with E-state index in [1.807, 2.05) is 7.05 Å². The molecule has 3 nitrogen and oxygen atoms in total. The molecule has 0 aromatic carbocycles. The van der Waals surface area contributed by atoms with E-state index in [0.29, 0.717) is 0 Å². The van der Waals surface area contributed by atoms with Crippen molar-refractivity contribution >= 4 is 16.5 Å². The van der Waals surface area contributed by atoms with Crippen LogP contribution in [0.5, 0.6) is 0 Å². The Bertz CT molecular complexity index is 209. The Labute approximate surface area is 70.9 Å². The zero-order valence-corrected chi connectivity index (χ0v) is 7.74. The van der Waals surface area contributed by atoms with E-state index in [1.165, 1.54) is 12.8 Å². The van der Waals surface area contributed by atoms with Crippen LogP contribution in [0.25, 0.3) is 0 Å². The standard InChI is InChI=1S/C7H13N3S/c1-3-4-5-6-9-10-7(8-2)11-6/h3-5H2,1-2H3,(H,8,10). The fourth-order valence-corrected chi connectivity index (χ4v) is 1.52. The van der Waals surface area contributed by atoms with Crippen molar-refractivity contribution in [2.75, 3.05) is 12.4 Å². The van der Waals surface area contributed by atoms with Gasteiger partial charge >= 0.3 is 0 Å². The van der Waals surface area contributed by atoms with E-state index in [-0.39, 0.29) is 0 Å². The van der Waals surface area contributed by atoms with E-state index in [0.717, 1.165) is 16.6 Å². The summed E-state index contributed by atoms with van der Waals surface area (Å²) in [5.41, 5.74) is 0. The van der Waals surface area contributed by atoms with Gasteiger partial charge in [-0.15, -0.1) is 10.2 Å². The Hall–Kier alpha value is -0.640. The van der Waals surface area contributed by atoms with Gasteiger partial charge in [0.15, 0.2) is 0 Å². The predicted octanol–water partition coefficient (Wildman–Crippen LogP) is 1.92. The molecule has 1 heterocycles. The van der Waals surface area contributed by atoms with Gasteiger partial charge < -0.3 is 5.32 Å². The van der Waals surface area contributed by atoms with Crippen LogP contribution in [0.1, 0.15) is 24.8 Å². The van der Waals surface area contributed by atoms with Crippen molar-refractivity contribution < 1.29 is 0 Å². The van der Waals surface area contributed by atoms with Crippen molar-refractivity contribution in [3.05, 3.63) is 5.01 Å². The summed E-state index contributed by atoms with van der Waals surface area (Å²) < 4.78 is 0. The van der Waals surface area contributed by atoms with Crippen LogP contribution in [0.4, 0.5) is 5.13 Å². The lowest BCUT2D eigenvalue weighted by molar-refractivity contribution is 0.780. The van der Waals surface area contributed by atoms with Crippen molar-refractivity contribution in [2.45, 2.75) is 26.2 Å². The number of anilines is 1. The summed E-state index contributed by atoms with van der Waals surface area (Å²) in [5.74, 6) is 0. The molecule has 1 N–H and O–H groups in total. The van der Waals surface area contributed by atoms with Gasteiger partial charge in [0.1, 0.15) is 5.01 Å². The normalized spacial score (nSPS) is 10.0. The highest BCUT2D eigenvalue weighted by atomic mass is 32.1. The summed E-state index contributed by atoms with van der Waals surface area (Å²) in [6.45, 7) is 2.18. The van der Waals surface area contributed by atoms with E-state index in [4.69, 9.17) is 0 Å². The molecule has 0 unspecified atom stereocenters. The Kier molecular flexibility index (Phi) is 3.29. The van der Waals surface area contributed by atoms with Crippen LogP contribution in [0.3, 0.4) is 0 Å². The van der Waals surface area contributed by atoms with Gasteiger partial charge in [0.2, 0.25) is 5.13 Å². The van der Waals surface area contributed by atoms with Gasteiger partial charge in [-0.05, 0) is 6.42 Å². The first-order valence-electron chi connectivity index (χ1n) is 3.87. The van der Waals surface area contributed by atoms with Crippen LogP contribution in [-0.4, -0.2) is 17.2 Å². The average Bonchev–Trinajstić information content (AvgIpc) is 2.48. The van der Waals surface area contributed by atoms with Crippen molar-refractivity contribution in [2.24, 2.45) is 0 Å². The lowest BCUT2D eigenvalue weighted by Gasteiger charge is -1.89. The van der Waals surface area contributed by atoms with E-state index in [1.54, 1.807) is 11.3 Å². The molecule has 0 saturated heterocycles. The van der Waals surface area contributed by atoms with Crippen LogP contribution in [0, 0.1) is 0 Å². The van der Waals surface area contributed by atoms with Crippen LogP contribution < -0.4 is 5.32 Å². The molecule has 0 aliphatic heterocycles. The SMILES string of the molecule is CCCCc1nnc(NC)s1. The summed E-state index contributed by atoms with van der Waals surface area (Å²) >= 11 is 1.64. The van der Waals surface area contributed by atoms with E-state index >= 15 is 0 Å². The van der Waals surface area contributed by atoms with Gasteiger partial charge in [0.05, 0.1) is 0 Å². The first-order chi connectivity index (χ1) is 5.36. The Morgan fingerprint density at radius 2 is 2.27 bits per heavy atom. The Balaban J connectivity index is 2.44. The molecule has 0 atom stereocenters. The molecular weight excluding hydrogens is 158 g/mol. The second kappa shape index (κ2) is 4.28. The second-order valence-corrected chi connectivity index (χ2v) is 3.42. The summed E-state index contributed by atoms with van der Waals surface area (Å²) in [6.07, 6.45) is 3.49. The van der Waals surface area contributed by atoms with E-state index < -0.39 is 0 Å². The van der Waals surface area contributed by atoms with E-state index in [2.05, 4.69) is 22.4 Å². The molecule has 11 heavy (non-hydrogen) atoms. The van der Waals surface area contributed by atoms with Crippen molar-refractivity contribution in [3.8, 4) is 0 Å². The number of nitrogens with zero attached hydrogens (tertiary/aromatic N) is 2. The molecule has 0 saturated carbocycles. The third-order valence-corrected chi connectivity index (χ3v) is 2.43. The molecule has 0 aliphatic carbocycles. The number of nitrogens with one attached hydrogen (secondary N) is 1. The van der Waals surface area contributed by atoms with Crippen LogP contribution in [0.15, 0.2) is 0 Å². The molecule has 1 aromatic heterocycles. The molecule has 4 heteroatoms. The first kappa shape index (κ1) is 8.46. The number of aromatic nitrogens is 2. The summed E-state index contributed by atoms with van der Waals surface area (Å²) in [4.78, 5) is 0. The zero-order valence-electron chi connectivity index (χ0n) is 6.92. The molecule has 0 bridgehead atoms. The molecule has 0 amide bonds. The molecule has 1 rings (SSSR count). The number of aryl methyl sites for hydroxylation is 1. The van der Waals surface area contributed by atoms with Crippen molar-refractivity contribution in [1.82, 2.24) is 10.2 Å². The highest BCUT2D eigenvalue weighted by molar-refractivity contribution is 7.15. The second-order valence-electron chi connectivity index (χ2n) is 2.35. The third-order valence-electron chi connectivity index (χ3n) is 1.42. The maximum absolute atomic E-state index is 4.03. The first-order valence-corrected chi connectivity index (χ1v) is 4.68. The Morgan fingerprint density at radius 1 is 1.45 bits per heavy atom. The highest BCUT2D eigenvalue weighted by Gasteiger charge is 1.99. The maximum Gasteiger partial charge on any atom is 0.205 e. The maximum atomic E-state index is 4.03. The summed E-state index contributed by atoms with van der Waals surface area (Å²) in [7, 11) is 1.87. The highest BCUT2D eigenvalue weighted by Crippen LogP contribution is 2.15. The third kappa shape index (κ3) is 2.46. The minimum absolute atomic E-state index is 0.913.